The van der Waals surface area contributed by atoms with Crippen LogP contribution in [0, 0.1) is 6.92 Å². The fourth-order valence-electron chi connectivity index (χ4n) is 3.70. The van der Waals surface area contributed by atoms with Gasteiger partial charge in [0.05, 0.1) is 23.4 Å². The average molecular weight is 472 g/mol. The molecular weight excluding hydrogens is 442 g/mol. The van der Waals surface area contributed by atoms with Crippen LogP contribution in [-0.2, 0) is 9.53 Å². The number of ether oxygens (including phenoxy) is 1. The Morgan fingerprint density at radius 3 is 2.33 bits per heavy atom. The van der Waals surface area contributed by atoms with E-state index in [-0.39, 0.29) is 37.3 Å². The number of carbonyl (C=O) groups excluding carboxylic acids is 4. The van der Waals surface area contributed by atoms with Gasteiger partial charge in [0.2, 0.25) is 5.91 Å². The molecule has 0 spiro atoms. The minimum atomic E-state index is -0.440. The number of thiazole rings is 1. The molecule has 176 valence electrons. The molecule has 3 rings (SSSR count). The molecule has 0 fully saturated rings. The Kier molecular flexibility index (Phi) is 8.32. The molecule has 0 radical (unpaired) electrons. The van der Waals surface area contributed by atoms with E-state index in [0.29, 0.717) is 39.8 Å². The smallest absolute Gasteiger partial charge is 0.350 e. The molecule has 8 nitrogen and oxygen atoms in total. The lowest BCUT2D eigenvalue weighted by atomic mass is 10.1. The van der Waals surface area contributed by atoms with E-state index in [1.165, 1.54) is 4.90 Å². The summed E-state index contributed by atoms with van der Waals surface area (Å²) in [5.74, 6) is -1.23. The molecule has 0 saturated heterocycles. The van der Waals surface area contributed by atoms with Gasteiger partial charge in [-0.15, -0.1) is 0 Å². The summed E-state index contributed by atoms with van der Waals surface area (Å²) < 4.78 is 5.09. The second-order valence-corrected chi connectivity index (χ2v) is 8.77. The van der Waals surface area contributed by atoms with Crippen molar-refractivity contribution in [2.24, 2.45) is 0 Å². The highest BCUT2D eigenvalue weighted by Gasteiger charge is 2.34. The molecule has 0 N–H and O–H groups in total. The first-order valence-electron chi connectivity index (χ1n) is 11.3. The third kappa shape index (κ3) is 5.47. The normalized spacial score (nSPS) is 12.8. The number of hydrogen-bond acceptors (Lipinski definition) is 7. The zero-order chi connectivity index (χ0) is 24.0. The Bertz CT molecular complexity index is 1010. The molecule has 3 amide bonds. The van der Waals surface area contributed by atoms with Crippen LogP contribution >= 0.6 is 11.3 Å². The van der Waals surface area contributed by atoms with Crippen molar-refractivity contribution in [1.29, 1.82) is 0 Å². The number of hydrogen-bond donors (Lipinski definition) is 0. The van der Waals surface area contributed by atoms with Crippen LogP contribution < -0.4 is 4.90 Å². The molecule has 0 atom stereocenters. The summed E-state index contributed by atoms with van der Waals surface area (Å²) in [6.45, 7) is 6.48. The average Bonchev–Trinajstić information content (AvgIpc) is 3.30. The van der Waals surface area contributed by atoms with Crippen molar-refractivity contribution in [1.82, 2.24) is 9.88 Å². The maximum atomic E-state index is 13.1. The molecule has 0 aliphatic carbocycles. The third-order valence-electron chi connectivity index (χ3n) is 5.41. The second kappa shape index (κ2) is 11.2. The molecule has 1 aliphatic rings. The number of imide groups is 1. The van der Waals surface area contributed by atoms with Crippen molar-refractivity contribution in [3.8, 4) is 0 Å². The van der Waals surface area contributed by atoms with Gasteiger partial charge in [-0.05, 0) is 38.8 Å². The van der Waals surface area contributed by atoms with E-state index in [4.69, 9.17) is 4.74 Å². The fourth-order valence-corrected chi connectivity index (χ4v) is 4.70. The van der Waals surface area contributed by atoms with E-state index in [2.05, 4.69) is 11.9 Å². The number of anilines is 1. The summed E-state index contributed by atoms with van der Waals surface area (Å²) in [6, 6.07) is 6.74. The highest BCUT2D eigenvalue weighted by Crippen LogP contribution is 2.28. The number of rotatable bonds is 11. The number of benzene rings is 1. The van der Waals surface area contributed by atoms with E-state index in [0.717, 1.165) is 30.6 Å². The van der Waals surface area contributed by atoms with E-state index < -0.39 is 5.97 Å². The van der Waals surface area contributed by atoms with Crippen molar-refractivity contribution in [2.45, 2.75) is 52.9 Å². The standard InChI is InChI=1S/C24H29N3O5S/c1-4-6-9-14-26(24-25-16(3)20(33-24)23(31)32-5-2)19(28)13-10-15-27-21(29)17-11-7-8-12-18(17)22(27)30/h7-8,11-12H,4-6,9-10,13-15H2,1-3H3. The first kappa shape index (κ1) is 24.6. The second-order valence-electron chi connectivity index (χ2n) is 7.80. The summed E-state index contributed by atoms with van der Waals surface area (Å²) in [5, 5.41) is 0.470. The number of aromatic nitrogens is 1. The van der Waals surface area contributed by atoms with Crippen LogP contribution in [0.5, 0.6) is 0 Å². The van der Waals surface area contributed by atoms with Crippen LogP contribution in [0.15, 0.2) is 24.3 Å². The van der Waals surface area contributed by atoms with Crippen LogP contribution in [0.4, 0.5) is 5.13 Å². The summed E-state index contributed by atoms with van der Waals surface area (Å²) in [4.78, 5) is 58.0. The largest absolute Gasteiger partial charge is 0.462 e. The van der Waals surface area contributed by atoms with Crippen LogP contribution in [-0.4, -0.2) is 53.3 Å². The van der Waals surface area contributed by atoms with Crippen molar-refractivity contribution in [2.75, 3.05) is 24.6 Å². The fraction of sp³-hybridized carbons (Fsp3) is 0.458. The highest BCUT2D eigenvalue weighted by atomic mass is 32.1. The van der Waals surface area contributed by atoms with E-state index in [1.54, 1.807) is 43.0 Å². The quantitative estimate of drug-likeness (QED) is 0.276. The molecule has 1 aromatic heterocycles. The molecule has 9 heteroatoms. The molecule has 2 heterocycles. The lowest BCUT2D eigenvalue weighted by molar-refractivity contribution is -0.118. The van der Waals surface area contributed by atoms with Crippen LogP contribution in [0.3, 0.4) is 0 Å². The van der Waals surface area contributed by atoms with E-state index >= 15 is 0 Å². The Labute approximate surface area is 197 Å². The topological polar surface area (TPSA) is 96.9 Å². The summed E-state index contributed by atoms with van der Waals surface area (Å²) in [7, 11) is 0. The van der Waals surface area contributed by atoms with Crippen LogP contribution in [0.1, 0.15) is 82.0 Å². The molecule has 0 saturated carbocycles. The minimum absolute atomic E-state index is 0.146. The SMILES string of the molecule is CCCCCN(C(=O)CCCN1C(=O)c2ccccc2C1=O)c1nc(C)c(C(=O)OCC)s1. The molecule has 2 aromatic rings. The Morgan fingerprint density at radius 1 is 1.06 bits per heavy atom. The number of unbranched alkanes of at least 4 members (excludes halogenated alkanes) is 2. The monoisotopic (exact) mass is 471 g/mol. The van der Waals surface area contributed by atoms with Crippen molar-refractivity contribution in [3.63, 3.8) is 0 Å². The van der Waals surface area contributed by atoms with Gasteiger partial charge in [0, 0.05) is 19.5 Å². The lowest BCUT2D eigenvalue weighted by Crippen LogP contribution is -2.34. The van der Waals surface area contributed by atoms with Crippen LogP contribution in [0.2, 0.25) is 0 Å². The van der Waals surface area contributed by atoms with E-state index in [9.17, 15) is 19.2 Å². The number of aryl methyl sites for hydroxylation is 1. The van der Waals surface area contributed by atoms with Gasteiger partial charge in [0.1, 0.15) is 4.88 Å². The number of amides is 3. The number of esters is 1. The third-order valence-corrected chi connectivity index (χ3v) is 6.57. The first-order chi connectivity index (χ1) is 15.9. The van der Waals surface area contributed by atoms with Gasteiger partial charge in [-0.2, -0.15) is 0 Å². The molecule has 33 heavy (non-hydrogen) atoms. The van der Waals surface area contributed by atoms with Gasteiger partial charge in [0.15, 0.2) is 5.13 Å². The molecule has 0 unspecified atom stereocenters. The van der Waals surface area contributed by atoms with Gasteiger partial charge >= 0.3 is 5.97 Å². The molecular formula is C24H29N3O5S. The Morgan fingerprint density at radius 2 is 1.73 bits per heavy atom. The maximum absolute atomic E-state index is 13.1. The lowest BCUT2D eigenvalue weighted by Gasteiger charge is -2.20. The zero-order valence-electron chi connectivity index (χ0n) is 19.3. The number of carbonyl (C=O) groups is 4. The molecule has 1 aliphatic heterocycles. The Balaban J connectivity index is 1.67. The number of nitrogens with zero attached hydrogens (tertiary/aromatic N) is 3. The van der Waals surface area contributed by atoms with Gasteiger partial charge in [-0.3, -0.25) is 24.2 Å². The summed E-state index contributed by atoms with van der Waals surface area (Å²) >= 11 is 1.15. The highest BCUT2D eigenvalue weighted by molar-refractivity contribution is 7.17. The predicted molar refractivity (Wildman–Crippen MR) is 126 cm³/mol. The minimum Gasteiger partial charge on any atom is -0.462 e. The Hall–Kier alpha value is -3.07. The number of fused-ring (bicyclic) bond motifs is 1. The van der Waals surface area contributed by atoms with Crippen LogP contribution in [0.25, 0.3) is 0 Å². The zero-order valence-corrected chi connectivity index (χ0v) is 20.1. The van der Waals surface area contributed by atoms with Gasteiger partial charge in [0.25, 0.3) is 11.8 Å². The van der Waals surface area contributed by atoms with Gasteiger partial charge in [-0.1, -0.05) is 43.2 Å². The summed E-state index contributed by atoms with van der Waals surface area (Å²) in [5.41, 5.74) is 1.34. The first-order valence-corrected chi connectivity index (χ1v) is 12.1. The van der Waals surface area contributed by atoms with Crippen molar-refractivity contribution < 1.29 is 23.9 Å². The molecule has 0 bridgehead atoms. The van der Waals surface area contributed by atoms with Crippen molar-refractivity contribution >= 4 is 40.2 Å². The van der Waals surface area contributed by atoms with E-state index in [1.807, 2.05) is 0 Å². The van der Waals surface area contributed by atoms with Crippen molar-refractivity contribution in [3.05, 3.63) is 46.0 Å². The summed E-state index contributed by atoms with van der Waals surface area (Å²) in [6.07, 6.45) is 3.30. The van der Waals surface area contributed by atoms with Gasteiger partial charge < -0.3 is 4.74 Å². The van der Waals surface area contributed by atoms with Gasteiger partial charge in [-0.25, -0.2) is 9.78 Å². The molecule has 1 aromatic carbocycles. The predicted octanol–water partition coefficient (Wildman–Crippen LogP) is 4.23. The maximum Gasteiger partial charge on any atom is 0.350 e.